The van der Waals surface area contributed by atoms with Crippen molar-refractivity contribution < 1.29 is 14.3 Å². The van der Waals surface area contributed by atoms with E-state index in [1.165, 1.54) is 0 Å². The first kappa shape index (κ1) is 29.4. The fraction of sp³-hybridized carbons (Fsp3) is 0.0227. The maximum absolute atomic E-state index is 14.1. The van der Waals surface area contributed by atoms with Crippen LogP contribution in [0.1, 0.15) is 27.0 Å². The molecule has 2 aliphatic heterocycles. The monoisotopic (exact) mass is 649 g/mol. The van der Waals surface area contributed by atoms with Crippen LogP contribution in [0.2, 0.25) is 0 Å². The largest absolute Gasteiger partial charge is 0.456 e. The molecule has 0 saturated carbocycles. The Morgan fingerprint density at radius 3 is 1.68 bits per heavy atom. The Bertz CT molecular complexity index is 2330. The molecule has 0 atom stereocenters. The highest BCUT2D eigenvalue weighted by molar-refractivity contribution is 6.04. The lowest BCUT2D eigenvalue weighted by atomic mass is 9.77. The number of carbonyl (C=O) groups excluding carboxylic acids is 1. The number of hydrogen-bond donors (Lipinski definition) is 3. The van der Waals surface area contributed by atoms with Crippen LogP contribution in [0.15, 0.2) is 170 Å². The normalized spacial score (nSPS) is 13.3. The minimum atomic E-state index is -1.15. The number of benzene rings is 7. The fourth-order valence-corrected chi connectivity index (χ4v) is 7.04. The van der Waals surface area contributed by atoms with Crippen LogP contribution in [0.5, 0.6) is 11.5 Å². The van der Waals surface area contributed by atoms with Crippen molar-refractivity contribution in [1.82, 2.24) is 0 Å². The Labute approximate surface area is 290 Å². The summed E-state index contributed by atoms with van der Waals surface area (Å²) in [5, 5.41) is 10.8. The molecule has 2 heterocycles. The molecule has 0 bridgehead atoms. The van der Waals surface area contributed by atoms with Gasteiger partial charge in [-0.2, -0.15) is 0 Å². The van der Waals surface area contributed by atoms with Gasteiger partial charge >= 0.3 is 5.97 Å². The molecule has 7 aromatic carbocycles. The number of fused-ring (bicyclic) bond motifs is 6. The molecule has 0 radical (unpaired) electrons. The highest BCUT2D eigenvalue weighted by atomic mass is 16.6. The molecule has 9 rings (SSSR count). The van der Waals surface area contributed by atoms with Gasteiger partial charge in [0, 0.05) is 39.3 Å². The first-order chi connectivity index (χ1) is 24.7. The first-order valence-electron chi connectivity index (χ1n) is 16.6. The predicted octanol–water partition coefficient (Wildman–Crippen LogP) is 11.2. The van der Waals surface area contributed by atoms with Gasteiger partial charge in [-0.25, -0.2) is 4.79 Å². The van der Waals surface area contributed by atoms with E-state index < -0.39 is 11.6 Å². The van der Waals surface area contributed by atoms with Gasteiger partial charge in [-0.3, -0.25) is 0 Å². The molecule has 0 amide bonds. The SMILES string of the molecule is O=C1OC2(c3ccccc3Oc3ccccc32)c2cccc(Nc3c(Nc4ccc(Nc5ccccc5)cc4)cccc3-c3ccccc3)c21. The van der Waals surface area contributed by atoms with Crippen LogP contribution in [0, 0.1) is 0 Å². The summed E-state index contributed by atoms with van der Waals surface area (Å²) in [5.74, 6) is 0.926. The van der Waals surface area contributed by atoms with Gasteiger partial charge < -0.3 is 25.4 Å². The summed E-state index contributed by atoms with van der Waals surface area (Å²) >= 11 is 0. The number of nitrogens with one attached hydrogen (secondary N) is 3. The third-order valence-corrected chi connectivity index (χ3v) is 9.28. The van der Waals surface area contributed by atoms with Crippen molar-refractivity contribution in [3.63, 3.8) is 0 Å². The smallest absolute Gasteiger partial charge is 0.342 e. The Morgan fingerprint density at radius 1 is 0.440 bits per heavy atom. The Kier molecular flexibility index (Phi) is 7.06. The van der Waals surface area contributed by atoms with Crippen LogP contribution in [0.25, 0.3) is 11.1 Å². The third kappa shape index (κ3) is 4.93. The van der Waals surface area contributed by atoms with Crippen LogP contribution in [-0.2, 0) is 10.3 Å². The molecule has 7 aromatic rings. The number of rotatable bonds is 7. The average Bonchev–Trinajstić information content (AvgIpc) is 3.47. The molecule has 50 heavy (non-hydrogen) atoms. The molecule has 1 spiro atoms. The van der Waals surface area contributed by atoms with Crippen molar-refractivity contribution >= 4 is 40.1 Å². The lowest BCUT2D eigenvalue weighted by Gasteiger charge is -2.36. The van der Waals surface area contributed by atoms with Gasteiger partial charge in [0.2, 0.25) is 0 Å². The molecule has 0 unspecified atom stereocenters. The van der Waals surface area contributed by atoms with Crippen molar-refractivity contribution in [3.8, 4) is 22.6 Å². The molecule has 0 saturated heterocycles. The second kappa shape index (κ2) is 12.0. The molecule has 6 nitrogen and oxygen atoms in total. The zero-order chi connectivity index (χ0) is 33.5. The quantitative estimate of drug-likeness (QED) is 0.149. The van der Waals surface area contributed by atoms with E-state index in [1.54, 1.807) is 0 Å². The number of ether oxygens (including phenoxy) is 2. The van der Waals surface area contributed by atoms with E-state index in [2.05, 4.69) is 34.1 Å². The second-order valence-electron chi connectivity index (χ2n) is 12.3. The van der Waals surface area contributed by atoms with E-state index in [4.69, 9.17) is 9.47 Å². The molecule has 0 aromatic heterocycles. The van der Waals surface area contributed by atoms with Crippen LogP contribution in [0.3, 0.4) is 0 Å². The van der Waals surface area contributed by atoms with Gasteiger partial charge in [-0.05, 0) is 66.2 Å². The second-order valence-corrected chi connectivity index (χ2v) is 12.3. The molecular formula is C44H31N3O3. The topological polar surface area (TPSA) is 71.6 Å². The fourth-order valence-electron chi connectivity index (χ4n) is 7.04. The summed E-state index contributed by atoms with van der Waals surface area (Å²) in [5.41, 5.74) is 9.00. The van der Waals surface area contributed by atoms with E-state index in [0.29, 0.717) is 22.7 Å². The zero-order valence-corrected chi connectivity index (χ0v) is 26.9. The summed E-state index contributed by atoms with van der Waals surface area (Å²) in [6.07, 6.45) is 0. The van der Waals surface area contributed by atoms with E-state index in [0.717, 1.165) is 56.3 Å². The van der Waals surface area contributed by atoms with Crippen molar-refractivity contribution in [1.29, 1.82) is 0 Å². The molecule has 240 valence electrons. The molecule has 3 N–H and O–H groups in total. The van der Waals surface area contributed by atoms with Gasteiger partial charge in [0.05, 0.1) is 22.6 Å². The molecule has 6 heteroatoms. The summed E-state index contributed by atoms with van der Waals surface area (Å²) in [6.45, 7) is 0. The number of anilines is 6. The Morgan fingerprint density at radius 2 is 0.980 bits per heavy atom. The Balaban J connectivity index is 1.14. The van der Waals surface area contributed by atoms with Gasteiger partial charge in [-0.1, -0.05) is 109 Å². The lowest BCUT2D eigenvalue weighted by Crippen LogP contribution is -2.32. The highest BCUT2D eigenvalue weighted by Gasteiger charge is 2.54. The van der Waals surface area contributed by atoms with Gasteiger partial charge in [0.25, 0.3) is 0 Å². The van der Waals surface area contributed by atoms with Crippen molar-refractivity contribution in [2.24, 2.45) is 0 Å². The van der Waals surface area contributed by atoms with Crippen molar-refractivity contribution in [2.75, 3.05) is 16.0 Å². The summed E-state index contributed by atoms with van der Waals surface area (Å²) < 4.78 is 12.8. The minimum absolute atomic E-state index is 0.400. The number of para-hydroxylation sites is 4. The van der Waals surface area contributed by atoms with Gasteiger partial charge in [-0.15, -0.1) is 0 Å². The third-order valence-electron chi connectivity index (χ3n) is 9.28. The van der Waals surface area contributed by atoms with E-state index in [-0.39, 0.29) is 0 Å². The molecule has 2 aliphatic rings. The summed E-state index contributed by atoms with van der Waals surface area (Å²) in [7, 11) is 0. The highest BCUT2D eigenvalue weighted by Crippen LogP contribution is 2.57. The predicted molar refractivity (Wildman–Crippen MR) is 199 cm³/mol. The first-order valence-corrected chi connectivity index (χ1v) is 16.6. The number of esters is 1. The number of hydrogen-bond acceptors (Lipinski definition) is 6. The molecule has 0 fully saturated rings. The minimum Gasteiger partial charge on any atom is -0.456 e. The summed E-state index contributed by atoms with van der Waals surface area (Å²) in [6, 6.07) is 56.1. The summed E-state index contributed by atoms with van der Waals surface area (Å²) in [4.78, 5) is 14.1. The van der Waals surface area contributed by atoms with Gasteiger partial charge in [0.1, 0.15) is 11.5 Å². The van der Waals surface area contributed by atoms with Crippen LogP contribution >= 0.6 is 0 Å². The maximum atomic E-state index is 14.1. The lowest BCUT2D eigenvalue weighted by molar-refractivity contribution is 0.0225. The zero-order valence-electron chi connectivity index (χ0n) is 26.9. The van der Waals surface area contributed by atoms with Crippen LogP contribution < -0.4 is 20.7 Å². The number of carbonyl (C=O) groups is 1. The van der Waals surface area contributed by atoms with E-state index in [1.807, 2.05) is 152 Å². The van der Waals surface area contributed by atoms with Crippen molar-refractivity contribution in [2.45, 2.75) is 5.60 Å². The Hall–Kier alpha value is -6.79. The van der Waals surface area contributed by atoms with Crippen molar-refractivity contribution in [3.05, 3.63) is 192 Å². The average molecular weight is 650 g/mol. The van der Waals surface area contributed by atoms with Crippen LogP contribution in [-0.4, -0.2) is 5.97 Å². The van der Waals surface area contributed by atoms with E-state index >= 15 is 0 Å². The van der Waals surface area contributed by atoms with Gasteiger partial charge in [0.15, 0.2) is 5.60 Å². The standard InChI is InChI=1S/C44H31N3O3/c48-43-41-36(44(50-43)34-18-7-9-23-39(34)49-40-24-10-8-19-35(40)44)20-12-21-37(41)47-42-33(29-13-3-1-4-14-29)17-11-22-38(42)46-32-27-25-31(26-28-32)45-30-15-5-2-6-16-30/h1-28,45-47H. The van der Waals surface area contributed by atoms with Crippen LogP contribution in [0.4, 0.5) is 34.1 Å². The molecule has 0 aliphatic carbocycles. The molecular weight excluding hydrogens is 619 g/mol. The maximum Gasteiger partial charge on any atom is 0.342 e. The van der Waals surface area contributed by atoms with E-state index in [9.17, 15) is 4.79 Å².